The molecule has 1 N–H and O–H groups in total. The van der Waals surface area contributed by atoms with Crippen LogP contribution in [-0.2, 0) is 6.18 Å². The molecule has 20 heavy (non-hydrogen) atoms. The quantitative estimate of drug-likeness (QED) is 0.915. The highest BCUT2D eigenvalue weighted by Gasteiger charge is 2.34. The minimum absolute atomic E-state index is 0.00969. The van der Waals surface area contributed by atoms with Gasteiger partial charge in [-0.05, 0) is 24.1 Å². The van der Waals surface area contributed by atoms with Gasteiger partial charge in [-0.2, -0.15) is 13.2 Å². The summed E-state index contributed by atoms with van der Waals surface area (Å²) in [5.74, 6) is 0. The number of nitrogens with one attached hydrogen (secondary N) is 1. The topological polar surface area (TPSA) is 15.3 Å². The molecule has 0 saturated carbocycles. The van der Waals surface area contributed by atoms with Gasteiger partial charge in [-0.25, -0.2) is 0 Å². The van der Waals surface area contributed by atoms with Crippen LogP contribution in [0.5, 0.6) is 0 Å². The van der Waals surface area contributed by atoms with E-state index >= 15 is 0 Å². The predicted octanol–water partition coefficient (Wildman–Crippen LogP) is 3.72. The van der Waals surface area contributed by atoms with E-state index in [0.717, 1.165) is 32.6 Å². The fourth-order valence-electron chi connectivity index (χ4n) is 2.67. The van der Waals surface area contributed by atoms with E-state index in [9.17, 15) is 13.2 Å². The van der Waals surface area contributed by atoms with Crippen molar-refractivity contribution < 1.29 is 13.2 Å². The van der Waals surface area contributed by atoms with Gasteiger partial charge >= 0.3 is 6.18 Å². The lowest BCUT2D eigenvalue weighted by molar-refractivity contribution is -0.137. The molecule has 2 nitrogen and oxygen atoms in total. The maximum Gasteiger partial charge on any atom is 0.417 e. The van der Waals surface area contributed by atoms with E-state index in [1.807, 2.05) is 6.92 Å². The summed E-state index contributed by atoms with van der Waals surface area (Å²) in [5.41, 5.74) is -0.0589. The Labute approximate surface area is 121 Å². The monoisotopic (exact) mass is 306 g/mol. The number of rotatable bonds is 3. The lowest BCUT2D eigenvalue weighted by Crippen LogP contribution is -2.45. The Hall–Kier alpha value is -0.780. The van der Waals surface area contributed by atoms with E-state index in [4.69, 9.17) is 11.6 Å². The lowest BCUT2D eigenvalue weighted by atomic mass is 9.99. The highest BCUT2D eigenvalue weighted by molar-refractivity contribution is 6.31. The molecule has 1 fully saturated rings. The van der Waals surface area contributed by atoms with Crippen LogP contribution in [0.15, 0.2) is 18.2 Å². The van der Waals surface area contributed by atoms with Gasteiger partial charge in [0.1, 0.15) is 0 Å². The fourth-order valence-corrected chi connectivity index (χ4v) is 2.89. The van der Waals surface area contributed by atoms with Crippen molar-refractivity contribution in [3.05, 3.63) is 34.3 Å². The number of alkyl halides is 3. The Balaban J connectivity index is 2.30. The van der Waals surface area contributed by atoms with Crippen molar-refractivity contribution in [1.29, 1.82) is 0 Å². The van der Waals surface area contributed by atoms with Gasteiger partial charge in [-0.15, -0.1) is 0 Å². The Bertz CT molecular complexity index is 456. The summed E-state index contributed by atoms with van der Waals surface area (Å²) in [4.78, 5) is 2.22. The van der Waals surface area contributed by atoms with E-state index in [1.54, 1.807) is 6.07 Å². The van der Waals surface area contributed by atoms with Crippen LogP contribution < -0.4 is 5.32 Å². The fraction of sp³-hybridized carbons (Fsp3) is 0.571. The highest BCUT2D eigenvalue weighted by atomic mass is 35.5. The SMILES string of the molecule is CC[C@H](c1ccc(Cl)c(C(F)(F)F)c1)N1CCNCC1. The molecule has 0 bridgehead atoms. The lowest BCUT2D eigenvalue weighted by Gasteiger charge is -2.35. The summed E-state index contributed by atoms with van der Waals surface area (Å²) in [7, 11) is 0. The van der Waals surface area contributed by atoms with E-state index in [2.05, 4.69) is 10.2 Å². The van der Waals surface area contributed by atoms with Crippen LogP contribution in [0.1, 0.15) is 30.5 Å². The average Bonchev–Trinajstić information content (AvgIpc) is 2.41. The maximum absolute atomic E-state index is 12.9. The second-order valence-electron chi connectivity index (χ2n) is 4.95. The summed E-state index contributed by atoms with van der Waals surface area (Å²) < 4.78 is 38.8. The molecule has 0 spiro atoms. The normalized spacial score (nSPS) is 19.1. The molecule has 112 valence electrons. The molecule has 6 heteroatoms. The van der Waals surface area contributed by atoms with Crippen molar-refractivity contribution in [2.24, 2.45) is 0 Å². The summed E-state index contributed by atoms with van der Waals surface area (Å²) in [5, 5.41) is 3.01. The molecule has 1 saturated heterocycles. The first-order valence-corrected chi connectivity index (χ1v) is 7.12. The molecule has 1 aromatic rings. The first-order valence-electron chi connectivity index (χ1n) is 6.75. The zero-order chi connectivity index (χ0) is 14.8. The number of benzene rings is 1. The molecule has 1 aromatic carbocycles. The Morgan fingerprint density at radius 3 is 2.50 bits per heavy atom. The van der Waals surface area contributed by atoms with Crippen molar-refractivity contribution in [3.63, 3.8) is 0 Å². The molecular weight excluding hydrogens is 289 g/mol. The Morgan fingerprint density at radius 2 is 1.95 bits per heavy atom. The van der Waals surface area contributed by atoms with Gasteiger partial charge in [0.05, 0.1) is 10.6 Å². The molecular formula is C14H18ClF3N2. The van der Waals surface area contributed by atoms with Gasteiger partial charge in [-0.3, -0.25) is 4.90 Å². The van der Waals surface area contributed by atoms with Crippen LogP contribution in [0, 0.1) is 0 Å². The number of hydrogen-bond acceptors (Lipinski definition) is 2. The molecule has 1 atom stereocenters. The van der Waals surface area contributed by atoms with Crippen LogP contribution in [-0.4, -0.2) is 31.1 Å². The standard InChI is InChI=1S/C14H18ClF3N2/c1-2-13(20-7-5-19-6-8-20)10-3-4-12(15)11(9-10)14(16,17)18/h3-4,9,13,19H,2,5-8H2,1H3/t13-/m1/s1. The number of halogens is 4. The Kier molecular flexibility index (Phi) is 4.94. The van der Waals surface area contributed by atoms with Gasteiger partial charge in [0.2, 0.25) is 0 Å². The van der Waals surface area contributed by atoms with Gasteiger partial charge in [-0.1, -0.05) is 24.6 Å². The largest absolute Gasteiger partial charge is 0.417 e. The van der Waals surface area contributed by atoms with Crippen LogP contribution in [0.4, 0.5) is 13.2 Å². The van der Waals surface area contributed by atoms with Crippen molar-refractivity contribution in [2.75, 3.05) is 26.2 Å². The predicted molar refractivity (Wildman–Crippen MR) is 73.9 cm³/mol. The third-order valence-corrected chi connectivity index (χ3v) is 3.99. The zero-order valence-corrected chi connectivity index (χ0v) is 12.1. The van der Waals surface area contributed by atoms with Crippen LogP contribution in [0.2, 0.25) is 5.02 Å². The van der Waals surface area contributed by atoms with E-state index in [0.29, 0.717) is 5.56 Å². The van der Waals surface area contributed by atoms with E-state index in [-0.39, 0.29) is 11.1 Å². The molecule has 0 unspecified atom stereocenters. The molecule has 0 amide bonds. The van der Waals surface area contributed by atoms with Gasteiger partial charge in [0.25, 0.3) is 0 Å². The van der Waals surface area contributed by atoms with E-state index < -0.39 is 11.7 Å². The number of piperazine rings is 1. The highest BCUT2D eigenvalue weighted by Crippen LogP contribution is 2.37. The minimum atomic E-state index is -4.41. The van der Waals surface area contributed by atoms with Crippen molar-refractivity contribution in [3.8, 4) is 0 Å². The number of nitrogens with zero attached hydrogens (tertiary/aromatic N) is 1. The maximum atomic E-state index is 12.9. The van der Waals surface area contributed by atoms with Crippen LogP contribution in [0.3, 0.4) is 0 Å². The summed E-state index contributed by atoms with van der Waals surface area (Å²) in [6.07, 6.45) is -3.63. The Morgan fingerprint density at radius 1 is 1.30 bits per heavy atom. The van der Waals surface area contributed by atoms with Crippen molar-refractivity contribution in [2.45, 2.75) is 25.6 Å². The van der Waals surface area contributed by atoms with E-state index in [1.165, 1.54) is 12.1 Å². The third kappa shape index (κ3) is 3.45. The first kappa shape index (κ1) is 15.6. The van der Waals surface area contributed by atoms with Gasteiger partial charge in [0, 0.05) is 32.2 Å². The molecule has 0 aromatic heterocycles. The van der Waals surface area contributed by atoms with Crippen LogP contribution in [0.25, 0.3) is 0 Å². The van der Waals surface area contributed by atoms with Crippen LogP contribution >= 0.6 is 11.6 Å². The summed E-state index contributed by atoms with van der Waals surface area (Å²) in [6.45, 7) is 5.44. The molecule has 0 radical (unpaired) electrons. The smallest absolute Gasteiger partial charge is 0.314 e. The summed E-state index contributed by atoms with van der Waals surface area (Å²) in [6, 6.07) is 4.26. The summed E-state index contributed by atoms with van der Waals surface area (Å²) >= 11 is 5.67. The molecule has 1 aliphatic rings. The molecule has 0 aliphatic carbocycles. The second-order valence-corrected chi connectivity index (χ2v) is 5.35. The van der Waals surface area contributed by atoms with Gasteiger partial charge < -0.3 is 5.32 Å². The first-order chi connectivity index (χ1) is 9.43. The van der Waals surface area contributed by atoms with Crippen molar-refractivity contribution >= 4 is 11.6 Å². The second kappa shape index (κ2) is 6.33. The minimum Gasteiger partial charge on any atom is -0.314 e. The molecule has 2 rings (SSSR count). The molecule has 1 heterocycles. The zero-order valence-electron chi connectivity index (χ0n) is 11.3. The molecule has 1 aliphatic heterocycles. The number of hydrogen-bond donors (Lipinski definition) is 1. The third-order valence-electron chi connectivity index (χ3n) is 3.66. The average molecular weight is 307 g/mol. The van der Waals surface area contributed by atoms with Crippen molar-refractivity contribution in [1.82, 2.24) is 10.2 Å². The van der Waals surface area contributed by atoms with Gasteiger partial charge in [0.15, 0.2) is 0 Å².